The summed E-state index contributed by atoms with van der Waals surface area (Å²) in [4.78, 5) is 21.1. The molecule has 1 heterocycles. The second-order valence-electron chi connectivity index (χ2n) is 4.43. The first-order valence-electron chi connectivity index (χ1n) is 5.26. The first kappa shape index (κ1) is 11.7. The Balaban J connectivity index is 2.05. The van der Waals surface area contributed by atoms with E-state index in [0.29, 0.717) is 6.42 Å². The molecule has 90 valence electrons. The molecule has 1 aliphatic carbocycles. The fourth-order valence-corrected chi connectivity index (χ4v) is 2.06. The van der Waals surface area contributed by atoms with Gasteiger partial charge >= 0.3 is 0 Å². The minimum absolute atomic E-state index is 0.0588. The van der Waals surface area contributed by atoms with Gasteiger partial charge in [-0.25, -0.2) is 9.78 Å². The van der Waals surface area contributed by atoms with Gasteiger partial charge in [-0.05, 0) is 25.5 Å². The minimum atomic E-state index is -0.684. The van der Waals surface area contributed by atoms with Crippen LogP contribution in [-0.4, -0.2) is 37.5 Å². The molecule has 16 heavy (non-hydrogen) atoms. The van der Waals surface area contributed by atoms with E-state index in [1.807, 2.05) is 13.8 Å². The standard InChI is InChI=1S/C11H16O5/c1-11(2)15-9-5-7(6-14-13-3)4-8(12)10(9)16-11/h4,9-10H,5-6H2,1-3H3/t9-,10+/m1/s1. The zero-order valence-electron chi connectivity index (χ0n) is 9.69. The molecular formula is C11H16O5. The van der Waals surface area contributed by atoms with Gasteiger partial charge in [0.25, 0.3) is 0 Å². The zero-order chi connectivity index (χ0) is 11.8. The summed E-state index contributed by atoms with van der Waals surface area (Å²) in [7, 11) is 1.44. The van der Waals surface area contributed by atoms with E-state index in [0.717, 1.165) is 5.57 Å². The third-order valence-electron chi connectivity index (χ3n) is 2.64. The van der Waals surface area contributed by atoms with Crippen LogP contribution in [0.25, 0.3) is 0 Å². The van der Waals surface area contributed by atoms with E-state index < -0.39 is 11.9 Å². The van der Waals surface area contributed by atoms with Gasteiger partial charge in [0.2, 0.25) is 0 Å². The van der Waals surface area contributed by atoms with Crippen LogP contribution in [0.2, 0.25) is 0 Å². The van der Waals surface area contributed by atoms with Gasteiger partial charge < -0.3 is 9.47 Å². The lowest BCUT2D eigenvalue weighted by atomic mass is 9.94. The Morgan fingerprint density at radius 2 is 2.25 bits per heavy atom. The number of carbonyl (C=O) groups is 1. The number of ether oxygens (including phenoxy) is 2. The highest BCUT2D eigenvalue weighted by atomic mass is 17.2. The molecule has 2 rings (SSSR count). The molecule has 1 aliphatic heterocycles. The molecule has 0 unspecified atom stereocenters. The first-order chi connectivity index (χ1) is 7.52. The van der Waals surface area contributed by atoms with Crippen molar-refractivity contribution in [2.45, 2.75) is 38.3 Å². The predicted octanol–water partition coefficient (Wildman–Crippen LogP) is 0.984. The monoisotopic (exact) mass is 228 g/mol. The maximum absolute atomic E-state index is 11.8. The average molecular weight is 228 g/mol. The summed E-state index contributed by atoms with van der Waals surface area (Å²) in [5, 5.41) is 0. The zero-order valence-corrected chi connectivity index (χ0v) is 9.69. The lowest BCUT2D eigenvalue weighted by molar-refractivity contribution is -0.265. The third-order valence-corrected chi connectivity index (χ3v) is 2.64. The topological polar surface area (TPSA) is 54.0 Å². The summed E-state index contributed by atoms with van der Waals surface area (Å²) in [5.74, 6) is -0.743. The van der Waals surface area contributed by atoms with Gasteiger partial charge in [0.1, 0.15) is 12.7 Å². The number of rotatable bonds is 3. The second kappa shape index (κ2) is 4.25. The second-order valence-corrected chi connectivity index (χ2v) is 4.43. The quantitative estimate of drug-likeness (QED) is 0.532. The minimum Gasteiger partial charge on any atom is -0.344 e. The molecule has 0 amide bonds. The molecule has 0 bridgehead atoms. The van der Waals surface area contributed by atoms with Crippen molar-refractivity contribution in [3.63, 3.8) is 0 Å². The van der Waals surface area contributed by atoms with Gasteiger partial charge in [-0.1, -0.05) is 0 Å². The van der Waals surface area contributed by atoms with Crippen LogP contribution in [0.3, 0.4) is 0 Å². The molecule has 0 saturated carbocycles. The van der Waals surface area contributed by atoms with Crippen molar-refractivity contribution in [2.75, 3.05) is 13.7 Å². The highest BCUT2D eigenvalue weighted by molar-refractivity contribution is 5.96. The van der Waals surface area contributed by atoms with Crippen molar-refractivity contribution < 1.29 is 24.0 Å². The molecule has 2 atom stereocenters. The van der Waals surface area contributed by atoms with Crippen molar-refractivity contribution in [1.29, 1.82) is 0 Å². The number of ketones is 1. The van der Waals surface area contributed by atoms with Gasteiger partial charge in [-0.2, -0.15) is 0 Å². The summed E-state index contributed by atoms with van der Waals surface area (Å²) in [6.45, 7) is 3.91. The molecule has 5 nitrogen and oxygen atoms in total. The van der Waals surface area contributed by atoms with Crippen LogP contribution in [0.1, 0.15) is 20.3 Å². The number of hydrogen-bond donors (Lipinski definition) is 0. The summed E-state index contributed by atoms with van der Waals surface area (Å²) in [6.07, 6.45) is 1.53. The van der Waals surface area contributed by atoms with Crippen LogP contribution in [0.15, 0.2) is 11.6 Å². The Morgan fingerprint density at radius 3 is 2.94 bits per heavy atom. The predicted molar refractivity (Wildman–Crippen MR) is 54.5 cm³/mol. The molecule has 0 radical (unpaired) electrons. The number of fused-ring (bicyclic) bond motifs is 1. The summed E-state index contributed by atoms with van der Waals surface area (Å²) < 4.78 is 11.2. The van der Waals surface area contributed by atoms with Crippen molar-refractivity contribution in [3.8, 4) is 0 Å². The van der Waals surface area contributed by atoms with Crippen molar-refractivity contribution in [3.05, 3.63) is 11.6 Å². The molecule has 2 aliphatic rings. The smallest absolute Gasteiger partial charge is 0.187 e. The Hall–Kier alpha value is -0.750. The summed E-state index contributed by atoms with van der Waals surface area (Å²) in [6, 6.07) is 0. The van der Waals surface area contributed by atoms with Crippen LogP contribution < -0.4 is 0 Å². The molecular weight excluding hydrogens is 212 g/mol. The molecule has 0 aromatic carbocycles. The molecule has 0 aromatic heterocycles. The lowest BCUT2D eigenvalue weighted by Gasteiger charge is -2.21. The van der Waals surface area contributed by atoms with E-state index in [1.165, 1.54) is 7.11 Å². The van der Waals surface area contributed by atoms with Gasteiger partial charge in [0, 0.05) is 6.42 Å². The largest absolute Gasteiger partial charge is 0.344 e. The van der Waals surface area contributed by atoms with Crippen molar-refractivity contribution in [2.24, 2.45) is 0 Å². The van der Waals surface area contributed by atoms with Crippen LogP contribution in [-0.2, 0) is 24.0 Å². The summed E-state index contributed by atoms with van der Waals surface area (Å²) >= 11 is 0. The Labute approximate surface area is 94.2 Å². The highest BCUT2D eigenvalue weighted by Crippen LogP contribution is 2.34. The van der Waals surface area contributed by atoms with Gasteiger partial charge in [-0.3, -0.25) is 4.79 Å². The molecule has 0 spiro atoms. The van der Waals surface area contributed by atoms with Crippen LogP contribution >= 0.6 is 0 Å². The molecule has 1 saturated heterocycles. The fraction of sp³-hybridized carbons (Fsp3) is 0.727. The SMILES string of the molecule is COOCC1=CC(=O)[C@@H]2OC(C)(C)O[C@@H]2C1. The summed E-state index contributed by atoms with van der Waals surface area (Å²) in [5.41, 5.74) is 0.870. The fourth-order valence-electron chi connectivity index (χ4n) is 2.06. The number of hydrogen-bond acceptors (Lipinski definition) is 5. The number of carbonyl (C=O) groups excluding carboxylic acids is 1. The van der Waals surface area contributed by atoms with E-state index in [9.17, 15) is 4.79 Å². The van der Waals surface area contributed by atoms with Crippen LogP contribution in [0.5, 0.6) is 0 Å². The van der Waals surface area contributed by atoms with E-state index in [-0.39, 0.29) is 18.5 Å². The highest BCUT2D eigenvalue weighted by Gasteiger charge is 2.46. The Morgan fingerprint density at radius 1 is 1.50 bits per heavy atom. The van der Waals surface area contributed by atoms with Gasteiger partial charge in [-0.15, -0.1) is 0 Å². The van der Waals surface area contributed by atoms with E-state index >= 15 is 0 Å². The van der Waals surface area contributed by atoms with Crippen LogP contribution in [0.4, 0.5) is 0 Å². The van der Waals surface area contributed by atoms with Gasteiger partial charge in [0.15, 0.2) is 11.6 Å². The Kier molecular flexibility index (Phi) is 3.12. The van der Waals surface area contributed by atoms with Crippen LogP contribution in [0, 0.1) is 0 Å². The lowest BCUT2D eigenvalue weighted by Crippen LogP contribution is -2.35. The molecule has 1 fully saturated rings. The van der Waals surface area contributed by atoms with Gasteiger partial charge in [0.05, 0.1) is 13.2 Å². The average Bonchev–Trinajstić information content (AvgIpc) is 2.50. The maximum Gasteiger partial charge on any atom is 0.187 e. The molecule has 0 N–H and O–H groups in total. The maximum atomic E-state index is 11.8. The molecule has 0 aromatic rings. The van der Waals surface area contributed by atoms with E-state index in [2.05, 4.69) is 4.89 Å². The van der Waals surface area contributed by atoms with E-state index in [4.69, 9.17) is 14.4 Å². The normalized spacial score (nSPS) is 32.4. The molecule has 5 heteroatoms. The third kappa shape index (κ3) is 2.32. The van der Waals surface area contributed by atoms with E-state index in [1.54, 1.807) is 6.08 Å². The van der Waals surface area contributed by atoms with Crippen molar-refractivity contribution in [1.82, 2.24) is 0 Å². The van der Waals surface area contributed by atoms with Crippen molar-refractivity contribution >= 4 is 5.78 Å². The Bertz CT molecular complexity index is 320. The first-order valence-corrected chi connectivity index (χ1v) is 5.26.